The standard InChI is InChI=1S/C23H14F3N3O6S/c1-11-2-4-13(16(8-11)29(33)34)17-7-3-12(35-17)9-18-22(31)28(23(32)36-18)10-19(30)27-15-6-5-14(24)20(25)21(15)26/h2-9H,10H2,1H3,(H,27,30)/b18-9+. The largest absolute Gasteiger partial charge is 0.456 e. The maximum atomic E-state index is 13.8. The Bertz CT molecular complexity index is 1470. The van der Waals surface area contributed by atoms with Gasteiger partial charge in [0.1, 0.15) is 18.1 Å². The van der Waals surface area contributed by atoms with E-state index in [1.54, 1.807) is 13.0 Å². The molecule has 1 fully saturated rings. The zero-order chi connectivity index (χ0) is 26.1. The molecule has 1 N–H and O–H groups in total. The predicted octanol–water partition coefficient (Wildman–Crippen LogP) is 5.26. The van der Waals surface area contributed by atoms with Gasteiger partial charge < -0.3 is 9.73 Å². The van der Waals surface area contributed by atoms with Crippen molar-refractivity contribution >= 4 is 46.3 Å². The Labute approximate surface area is 204 Å². The lowest BCUT2D eigenvalue weighted by molar-refractivity contribution is -0.384. The Morgan fingerprint density at radius 3 is 2.61 bits per heavy atom. The molecule has 0 aliphatic carbocycles. The molecule has 1 aromatic heterocycles. The molecule has 2 aromatic carbocycles. The normalized spacial score (nSPS) is 14.6. The monoisotopic (exact) mass is 517 g/mol. The summed E-state index contributed by atoms with van der Waals surface area (Å²) in [5.74, 6) is -6.42. The fraction of sp³-hybridized carbons (Fsp3) is 0.0870. The Hall–Kier alpha value is -4.39. The van der Waals surface area contributed by atoms with Crippen LogP contribution in [0.2, 0.25) is 0 Å². The Morgan fingerprint density at radius 2 is 1.89 bits per heavy atom. The van der Waals surface area contributed by atoms with Gasteiger partial charge >= 0.3 is 0 Å². The third-order valence-corrected chi connectivity index (χ3v) is 5.91. The predicted molar refractivity (Wildman–Crippen MR) is 123 cm³/mol. The van der Waals surface area contributed by atoms with Crippen molar-refractivity contribution in [1.29, 1.82) is 0 Å². The molecule has 184 valence electrons. The molecule has 0 saturated carbocycles. The van der Waals surface area contributed by atoms with Crippen LogP contribution in [0, 0.1) is 34.5 Å². The Balaban J connectivity index is 1.50. The maximum absolute atomic E-state index is 13.8. The highest BCUT2D eigenvalue weighted by atomic mass is 32.2. The molecule has 0 bridgehead atoms. The van der Waals surface area contributed by atoms with E-state index in [0.717, 1.165) is 6.07 Å². The molecule has 3 aromatic rings. The van der Waals surface area contributed by atoms with Gasteiger partial charge in [-0.3, -0.25) is 29.4 Å². The number of nitro benzene ring substituents is 1. The number of anilines is 1. The number of furan rings is 1. The van der Waals surface area contributed by atoms with Gasteiger partial charge in [-0.1, -0.05) is 6.07 Å². The van der Waals surface area contributed by atoms with Gasteiger partial charge in [0.15, 0.2) is 17.5 Å². The first-order chi connectivity index (χ1) is 17.0. The van der Waals surface area contributed by atoms with Crippen LogP contribution in [0.25, 0.3) is 17.4 Å². The van der Waals surface area contributed by atoms with E-state index in [-0.39, 0.29) is 27.7 Å². The van der Waals surface area contributed by atoms with Crippen LogP contribution in [0.15, 0.2) is 51.8 Å². The highest BCUT2D eigenvalue weighted by Gasteiger charge is 2.36. The smallest absolute Gasteiger partial charge is 0.294 e. The number of nitrogens with one attached hydrogen (secondary N) is 1. The number of halogens is 3. The van der Waals surface area contributed by atoms with Gasteiger partial charge in [-0.2, -0.15) is 0 Å². The van der Waals surface area contributed by atoms with E-state index in [1.165, 1.54) is 30.3 Å². The first-order valence-electron chi connectivity index (χ1n) is 10.1. The van der Waals surface area contributed by atoms with E-state index in [1.807, 2.05) is 5.32 Å². The van der Waals surface area contributed by atoms with Crippen LogP contribution in [-0.4, -0.2) is 33.4 Å². The number of hydrogen-bond donors (Lipinski definition) is 1. The zero-order valence-electron chi connectivity index (χ0n) is 18.2. The summed E-state index contributed by atoms with van der Waals surface area (Å²) in [5, 5.41) is 12.6. The summed E-state index contributed by atoms with van der Waals surface area (Å²) < 4.78 is 45.8. The number of carbonyl (C=O) groups excluding carboxylic acids is 3. The van der Waals surface area contributed by atoms with Crippen molar-refractivity contribution in [2.24, 2.45) is 0 Å². The summed E-state index contributed by atoms with van der Waals surface area (Å²) in [6.45, 7) is 0.897. The van der Waals surface area contributed by atoms with Crippen LogP contribution in [0.1, 0.15) is 11.3 Å². The van der Waals surface area contributed by atoms with Crippen molar-refractivity contribution in [3.8, 4) is 11.3 Å². The number of hydrogen-bond acceptors (Lipinski definition) is 7. The highest BCUT2D eigenvalue weighted by Crippen LogP contribution is 2.35. The van der Waals surface area contributed by atoms with E-state index in [4.69, 9.17) is 4.42 Å². The van der Waals surface area contributed by atoms with E-state index < -0.39 is 51.7 Å². The summed E-state index contributed by atoms with van der Waals surface area (Å²) in [6.07, 6.45) is 1.24. The average molecular weight is 517 g/mol. The lowest BCUT2D eigenvalue weighted by atomic mass is 10.1. The fourth-order valence-electron chi connectivity index (χ4n) is 3.30. The maximum Gasteiger partial charge on any atom is 0.294 e. The van der Waals surface area contributed by atoms with Gasteiger partial charge in [0, 0.05) is 12.1 Å². The molecular formula is C23H14F3N3O6S. The second kappa shape index (κ2) is 9.70. The van der Waals surface area contributed by atoms with Crippen LogP contribution in [0.4, 0.5) is 29.3 Å². The second-order valence-electron chi connectivity index (χ2n) is 7.52. The van der Waals surface area contributed by atoms with Crippen molar-refractivity contribution in [3.63, 3.8) is 0 Å². The lowest BCUT2D eigenvalue weighted by Crippen LogP contribution is -2.36. The van der Waals surface area contributed by atoms with Crippen molar-refractivity contribution in [2.45, 2.75) is 6.92 Å². The molecule has 3 amide bonds. The summed E-state index contributed by atoms with van der Waals surface area (Å²) in [7, 11) is 0. The van der Waals surface area contributed by atoms with Crippen LogP contribution < -0.4 is 5.32 Å². The van der Waals surface area contributed by atoms with Crippen LogP contribution in [0.5, 0.6) is 0 Å². The molecule has 4 rings (SSSR count). The first kappa shape index (κ1) is 24.7. The number of carbonyl (C=O) groups is 3. The molecule has 36 heavy (non-hydrogen) atoms. The minimum atomic E-state index is -1.78. The summed E-state index contributed by atoms with van der Waals surface area (Å²) >= 11 is 0.514. The van der Waals surface area contributed by atoms with Crippen molar-refractivity contribution in [1.82, 2.24) is 4.90 Å². The number of aryl methyl sites for hydroxylation is 1. The second-order valence-corrected chi connectivity index (χ2v) is 8.51. The molecule has 0 spiro atoms. The molecule has 9 nitrogen and oxygen atoms in total. The minimum Gasteiger partial charge on any atom is -0.456 e. The van der Waals surface area contributed by atoms with Gasteiger partial charge in [0.2, 0.25) is 5.91 Å². The molecule has 0 atom stereocenters. The molecule has 0 radical (unpaired) electrons. The number of benzene rings is 2. The van der Waals surface area contributed by atoms with Crippen LogP contribution in [-0.2, 0) is 9.59 Å². The summed E-state index contributed by atoms with van der Waals surface area (Å²) in [4.78, 5) is 48.4. The van der Waals surface area contributed by atoms with Crippen molar-refractivity contribution in [2.75, 3.05) is 11.9 Å². The van der Waals surface area contributed by atoms with E-state index >= 15 is 0 Å². The Morgan fingerprint density at radius 1 is 1.14 bits per heavy atom. The number of imide groups is 1. The third-order valence-electron chi connectivity index (χ3n) is 5.00. The summed E-state index contributed by atoms with van der Waals surface area (Å²) in [6, 6.07) is 8.92. The van der Waals surface area contributed by atoms with Crippen molar-refractivity contribution in [3.05, 3.63) is 86.3 Å². The highest BCUT2D eigenvalue weighted by molar-refractivity contribution is 8.18. The summed E-state index contributed by atoms with van der Waals surface area (Å²) in [5.41, 5.74) is 0.0798. The van der Waals surface area contributed by atoms with Crippen LogP contribution >= 0.6 is 11.8 Å². The molecule has 0 unspecified atom stereocenters. The van der Waals surface area contributed by atoms with Gasteiger partial charge in [-0.25, -0.2) is 13.2 Å². The fourth-order valence-corrected chi connectivity index (χ4v) is 4.12. The molecule has 1 saturated heterocycles. The molecule has 13 heteroatoms. The molecule has 1 aliphatic rings. The van der Waals surface area contributed by atoms with E-state index in [0.29, 0.717) is 28.3 Å². The number of amides is 3. The van der Waals surface area contributed by atoms with E-state index in [9.17, 15) is 37.7 Å². The first-order valence-corrected chi connectivity index (χ1v) is 10.9. The Kier molecular flexibility index (Phi) is 6.66. The van der Waals surface area contributed by atoms with E-state index in [2.05, 4.69) is 0 Å². The number of nitro groups is 1. The molecule has 1 aliphatic heterocycles. The quantitative estimate of drug-likeness (QED) is 0.205. The van der Waals surface area contributed by atoms with Crippen molar-refractivity contribution < 1.29 is 36.9 Å². The van der Waals surface area contributed by atoms with Crippen LogP contribution in [0.3, 0.4) is 0 Å². The average Bonchev–Trinajstić information content (AvgIpc) is 3.39. The van der Waals surface area contributed by atoms with Gasteiger partial charge in [0.05, 0.1) is 21.1 Å². The minimum absolute atomic E-state index is 0.0916. The topological polar surface area (TPSA) is 123 Å². The zero-order valence-corrected chi connectivity index (χ0v) is 19.0. The number of thioether (sulfide) groups is 1. The number of nitrogens with zero attached hydrogens (tertiary/aromatic N) is 2. The number of rotatable bonds is 6. The lowest BCUT2D eigenvalue weighted by Gasteiger charge is -2.13. The van der Waals surface area contributed by atoms with Gasteiger partial charge in [-0.15, -0.1) is 0 Å². The van der Waals surface area contributed by atoms with Gasteiger partial charge in [0.25, 0.3) is 16.8 Å². The van der Waals surface area contributed by atoms with Gasteiger partial charge in [-0.05, 0) is 54.6 Å². The SMILES string of the molecule is Cc1ccc(-c2ccc(/C=C3/SC(=O)N(CC(=O)Nc4ccc(F)c(F)c4F)C3=O)o2)c([N+](=O)[O-])c1. The third kappa shape index (κ3) is 4.86. The molecular weight excluding hydrogens is 503 g/mol. The molecule has 2 heterocycles.